The maximum absolute atomic E-state index is 2.57. The highest BCUT2D eigenvalue weighted by molar-refractivity contribution is 6.10. The predicted molar refractivity (Wildman–Crippen MR) is 236 cm³/mol. The van der Waals surface area contributed by atoms with Crippen molar-refractivity contribution in [3.63, 3.8) is 0 Å². The van der Waals surface area contributed by atoms with Crippen molar-refractivity contribution in [2.24, 2.45) is 0 Å². The second kappa shape index (κ2) is 11.9. The molecule has 0 unspecified atom stereocenters. The van der Waals surface area contributed by atoms with E-state index in [0.717, 1.165) is 5.69 Å². The summed E-state index contributed by atoms with van der Waals surface area (Å²) in [5.74, 6) is 0. The molecule has 0 N–H and O–H groups in total. The van der Waals surface area contributed by atoms with E-state index in [-0.39, 0.29) is 10.8 Å². The van der Waals surface area contributed by atoms with Crippen LogP contribution in [0.4, 0.5) is 17.1 Å². The third-order valence-corrected chi connectivity index (χ3v) is 12.8. The molecule has 0 bridgehead atoms. The zero-order chi connectivity index (χ0) is 37.8. The molecular formula is C54H42N2. The lowest BCUT2D eigenvalue weighted by Gasteiger charge is -2.34. The van der Waals surface area contributed by atoms with Crippen LogP contribution in [0.15, 0.2) is 182 Å². The molecule has 0 aliphatic heterocycles. The summed E-state index contributed by atoms with van der Waals surface area (Å²) in [6.07, 6.45) is 0. The highest BCUT2D eigenvalue weighted by Crippen LogP contribution is 2.58. The van der Waals surface area contributed by atoms with Crippen LogP contribution < -0.4 is 4.90 Å². The number of fused-ring (bicyclic) bond motifs is 9. The fourth-order valence-electron chi connectivity index (χ4n) is 10.2. The van der Waals surface area contributed by atoms with Gasteiger partial charge in [-0.2, -0.15) is 0 Å². The van der Waals surface area contributed by atoms with Crippen LogP contribution in [0.1, 0.15) is 49.9 Å². The van der Waals surface area contributed by atoms with Crippen LogP contribution in [-0.4, -0.2) is 4.57 Å². The highest BCUT2D eigenvalue weighted by atomic mass is 15.2. The molecule has 0 radical (unpaired) electrons. The Hall–Kier alpha value is -6.64. The minimum atomic E-state index is -0.198. The standard InChI is InChI=1S/C54H42N2/c1-53(2)44-27-11-6-24-42(44)51-45(53)28-17-32-49(51)55(50-33-16-25-41-38-21-5-10-26-43(38)54(3,4)52(41)50)36-19-15-18-35(34-36)37-20-7-12-29-46(37)56-47-30-13-8-22-39(47)40-23-9-14-31-48(40)56/h5-34H,1-4H3. The zero-order valence-electron chi connectivity index (χ0n) is 32.2. The molecule has 0 fully saturated rings. The number of aromatic nitrogens is 1. The summed E-state index contributed by atoms with van der Waals surface area (Å²) >= 11 is 0. The Balaban J connectivity index is 1.18. The first-order chi connectivity index (χ1) is 27.3. The molecule has 0 amide bonds. The summed E-state index contributed by atoms with van der Waals surface area (Å²) in [4.78, 5) is 2.57. The van der Waals surface area contributed by atoms with Gasteiger partial charge in [0, 0.05) is 38.4 Å². The molecule has 1 aromatic heterocycles. The van der Waals surface area contributed by atoms with Gasteiger partial charge in [0.1, 0.15) is 0 Å². The van der Waals surface area contributed by atoms with Gasteiger partial charge in [-0.25, -0.2) is 0 Å². The number of rotatable bonds is 5. The third kappa shape index (κ3) is 4.50. The van der Waals surface area contributed by atoms with Gasteiger partial charge >= 0.3 is 0 Å². The predicted octanol–water partition coefficient (Wildman–Crippen LogP) is 14.5. The second-order valence-corrected chi connectivity index (χ2v) is 16.5. The number of hydrogen-bond acceptors (Lipinski definition) is 1. The summed E-state index contributed by atoms with van der Waals surface area (Å²) in [5.41, 5.74) is 19.9. The maximum atomic E-state index is 2.57. The number of anilines is 3. The number of para-hydroxylation sites is 3. The molecule has 0 saturated carbocycles. The number of nitrogens with zero attached hydrogens (tertiary/aromatic N) is 2. The Kier molecular flexibility index (Phi) is 6.98. The molecule has 0 saturated heterocycles. The van der Waals surface area contributed by atoms with Crippen molar-refractivity contribution in [3.8, 4) is 39.1 Å². The van der Waals surface area contributed by atoms with Crippen molar-refractivity contribution in [2.45, 2.75) is 38.5 Å². The minimum absolute atomic E-state index is 0.120. The molecule has 8 aromatic carbocycles. The lowest BCUT2D eigenvalue weighted by molar-refractivity contribution is 0.659. The average molecular weight is 719 g/mol. The average Bonchev–Trinajstić information content (AvgIpc) is 3.79. The fraction of sp³-hybridized carbons (Fsp3) is 0.111. The molecule has 56 heavy (non-hydrogen) atoms. The van der Waals surface area contributed by atoms with Gasteiger partial charge in [0.2, 0.25) is 0 Å². The molecule has 11 rings (SSSR count). The van der Waals surface area contributed by atoms with Crippen molar-refractivity contribution >= 4 is 38.9 Å². The van der Waals surface area contributed by atoms with Crippen molar-refractivity contribution in [1.82, 2.24) is 4.57 Å². The van der Waals surface area contributed by atoms with Gasteiger partial charge in [0.05, 0.1) is 28.1 Å². The lowest BCUT2D eigenvalue weighted by Crippen LogP contribution is -2.21. The molecule has 2 aliphatic rings. The van der Waals surface area contributed by atoms with Gasteiger partial charge in [-0.1, -0.05) is 167 Å². The first kappa shape index (κ1) is 32.8. The minimum Gasteiger partial charge on any atom is -0.310 e. The normalized spacial score (nSPS) is 14.4. The molecular weight excluding hydrogens is 677 g/mol. The third-order valence-electron chi connectivity index (χ3n) is 12.8. The zero-order valence-corrected chi connectivity index (χ0v) is 32.2. The van der Waals surface area contributed by atoms with E-state index in [0.29, 0.717) is 0 Å². The van der Waals surface area contributed by atoms with Crippen LogP contribution in [0.25, 0.3) is 60.9 Å². The molecule has 0 atom stereocenters. The first-order valence-corrected chi connectivity index (χ1v) is 19.8. The Morgan fingerprint density at radius 3 is 1.70 bits per heavy atom. The maximum Gasteiger partial charge on any atom is 0.0543 e. The van der Waals surface area contributed by atoms with E-state index in [1.807, 2.05) is 0 Å². The van der Waals surface area contributed by atoms with Gasteiger partial charge in [0.15, 0.2) is 0 Å². The van der Waals surface area contributed by atoms with E-state index in [4.69, 9.17) is 0 Å². The van der Waals surface area contributed by atoms with Crippen LogP contribution in [0, 0.1) is 0 Å². The van der Waals surface area contributed by atoms with Crippen LogP contribution in [-0.2, 0) is 10.8 Å². The lowest BCUT2D eigenvalue weighted by atomic mass is 9.81. The van der Waals surface area contributed by atoms with Gasteiger partial charge in [0.25, 0.3) is 0 Å². The van der Waals surface area contributed by atoms with Crippen LogP contribution in [0.2, 0.25) is 0 Å². The summed E-state index contributed by atoms with van der Waals surface area (Å²) < 4.78 is 2.44. The van der Waals surface area contributed by atoms with E-state index in [9.17, 15) is 0 Å². The molecule has 2 aliphatic carbocycles. The summed E-state index contributed by atoms with van der Waals surface area (Å²) in [7, 11) is 0. The first-order valence-electron chi connectivity index (χ1n) is 19.8. The Morgan fingerprint density at radius 1 is 0.411 bits per heavy atom. The van der Waals surface area contributed by atoms with E-state index in [1.54, 1.807) is 0 Å². The fourth-order valence-corrected chi connectivity index (χ4v) is 10.2. The van der Waals surface area contributed by atoms with E-state index >= 15 is 0 Å². The van der Waals surface area contributed by atoms with Gasteiger partial charge < -0.3 is 9.47 Å². The Bertz CT molecular complexity index is 2990. The highest BCUT2D eigenvalue weighted by Gasteiger charge is 2.41. The Labute approximate surface area is 328 Å². The van der Waals surface area contributed by atoms with Crippen molar-refractivity contribution < 1.29 is 0 Å². The van der Waals surface area contributed by atoms with Gasteiger partial charge in [-0.3, -0.25) is 0 Å². The molecule has 9 aromatic rings. The largest absolute Gasteiger partial charge is 0.310 e. The summed E-state index contributed by atoms with van der Waals surface area (Å²) in [6.45, 7) is 9.53. The van der Waals surface area contributed by atoms with Gasteiger partial charge in [-0.15, -0.1) is 0 Å². The molecule has 2 nitrogen and oxygen atoms in total. The van der Waals surface area contributed by atoms with E-state index < -0.39 is 0 Å². The summed E-state index contributed by atoms with van der Waals surface area (Å²) in [5, 5.41) is 2.53. The quantitative estimate of drug-likeness (QED) is 0.172. The van der Waals surface area contributed by atoms with Crippen LogP contribution in [0.5, 0.6) is 0 Å². The monoisotopic (exact) mass is 718 g/mol. The second-order valence-electron chi connectivity index (χ2n) is 16.5. The smallest absolute Gasteiger partial charge is 0.0543 e. The van der Waals surface area contributed by atoms with Crippen molar-refractivity contribution in [1.29, 1.82) is 0 Å². The van der Waals surface area contributed by atoms with Crippen molar-refractivity contribution in [3.05, 3.63) is 204 Å². The molecule has 0 spiro atoms. The SMILES string of the molecule is CC1(C)c2ccccc2-c2c(N(c3cccc(-c4ccccc4-n4c5ccccc5c5ccccc54)c3)c3cccc4c3C(C)(C)c3ccccc3-4)cccc21. The molecule has 268 valence electrons. The number of benzene rings is 8. The van der Waals surface area contributed by atoms with Crippen LogP contribution in [0.3, 0.4) is 0 Å². The van der Waals surface area contributed by atoms with E-state index in [1.165, 1.54) is 94.5 Å². The van der Waals surface area contributed by atoms with Gasteiger partial charge in [-0.05, 0) is 87.0 Å². The molecule has 1 heterocycles. The molecule has 2 heteroatoms. The topological polar surface area (TPSA) is 8.17 Å². The van der Waals surface area contributed by atoms with E-state index in [2.05, 4.69) is 219 Å². The Morgan fingerprint density at radius 2 is 0.946 bits per heavy atom. The summed E-state index contributed by atoms with van der Waals surface area (Å²) in [6, 6.07) is 67.5. The number of hydrogen-bond donors (Lipinski definition) is 0. The van der Waals surface area contributed by atoms with Crippen LogP contribution >= 0.6 is 0 Å². The van der Waals surface area contributed by atoms with Crippen molar-refractivity contribution in [2.75, 3.05) is 4.90 Å².